The first-order valence-corrected chi connectivity index (χ1v) is 12.6. The van der Waals surface area contributed by atoms with Crippen molar-refractivity contribution in [2.24, 2.45) is 4.99 Å². The molecule has 3 rings (SSSR count). The van der Waals surface area contributed by atoms with Gasteiger partial charge in [-0.1, -0.05) is 45.0 Å². The number of hydrogen-bond donors (Lipinski definition) is 2. The summed E-state index contributed by atoms with van der Waals surface area (Å²) < 4.78 is 7.76. The quantitative estimate of drug-likeness (QED) is 0.316. The highest BCUT2D eigenvalue weighted by atomic mass is 16.5. The number of guanidine groups is 1. The molecule has 1 heterocycles. The van der Waals surface area contributed by atoms with Crippen LogP contribution in [0.2, 0.25) is 0 Å². The summed E-state index contributed by atoms with van der Waals surface area (Å²) in [5.74, 6) is 0.861. The third kappa shape index (κ3) is 6.74. The first kappa shape index (κ1) is 27.0. The second kappa shape index (κ2) is 11.9. The molecule has 0 aliphatic carbocycles. The number of nitrogens with zero attached hydrogens (tertiary/aromatic N) is 3. The maximum atomic E-state index is 13.1. The summed E-state index contributed by atoms with van der Waals surface area (Å²) >= 11 is 0. The van der Waals surface area contributed by atoms with Crippen LogP contribution >= 0.6 is 0 Å². The molecule has 3 aromatic rings. The van der Waals surface area contributed by atoms with Crippen LogP contribution in [0.15, 0.2) is 53.5 Å². The number of anilines is 1. The van der Waals surface area contributed by atoms with E-state index in [-0.39, 0.29) is 11.3 Å². The van der Waals surface area contributed by atoms with Crippen LogP contribution in [-0.4, -0.2) is 34.8 Å². The Balaban J connectivity index is 1.83. The molecule has 0 aliphatic rings. The van der Waals surface area contributed by atoms with E-state index in [0.29, 0.717) is 30.4 Å². The molecule has 2 N–H and O–H groups in total. The number of hydrogen-bond acceptors (Lipinski definition) is 4. The van der Waals surface area contributed by atoms with E-state index in [9.17, 15) is 4.79 Å². The predicted octanol–water partition coefficient (Wildman–Crippen LogP) is 5.66. The van der Waals surface area contributed by atoms with Crippen LogP contribution in [0.5, 0.6) is 5.75 Å². The molecule has 0 unspecified atom stereocenters. The van der Waals surface area contributed by atoms with E-state index in [1.807, 2.05) is 67.1 Å². The van der Waals surface area contributed by atoms with Crippen molar-refractivity contribution in [1.82, 2.24) is 15.1 Å². The molecule has 0 atom stereocenters. The smallest absolute Gasteiger partial charge is 0.257 e. The second-order valence-electron chi connectivity index (χ2n) is 9.78. The van der Waals surface area contributed by atoms with Crippen molar-refractivity contribution in [2.75, 3.05) is 18.5 Å². The Labute approximate surface area is 215 Å². The normalized spacial score (nSPS) is 11.9. The van der Waals surface area contributed by atoms with Crippen molar-refractivity contribution in [3.05, 3.63) is 76.6 Å². The van der Waals surface area contributed by atoms with Gasteiger partial charge < -0.3 is 10.1 Å². The van der Waals surface area contributed by atoms with Crippen molar-refractivity contribution in [3.63, 3.8) is 0 Å². The summed E-state index contributed by atoms with van der Waals surface area (Å²) in [4.78, 5) is 17.9. The highest BCUT2D eigenvalue weighted by Gasteiger charge is 2.16. The minimum absolute atomic E-state index is 0.0218. The number of carbonyl (C=O) groups excluding carboxylic acids is 1. The van der Waals surface area contributed by atoms with Crippen molar-refractivity contribution < 1.29 is 9.53 Å². The molecule has 36 heavy (non-hydrogen) atoms. The van der Waals surface area contributed by atoms with Crippen LogP contribution in [-0.2, 0) is 18.4 Å². The van der Waals surface area contributed by atoms with E-state index >= 15 is 0 Å². The van der Waals surface area contributed by atoms with E-state index < -0.39 is 0 Å². The van der Waals surface area contributed by atoms with Crippen molar-refractivity contribution >= 4 is 17.6 Å². The maximum absolute atomic E-state index is 13.1. The van der Waals surface area contributed by atoms with Crippen LogP contribution in [0, 0.1) is 13.8 Å². The fraction of sp³-hybridized carbons (Fsp3) is 0.414. The number of para-hydroxylation sites is 2. The number of carbonyl (C=O) groups is 1. The Hall–Kier alpha value is -3.61. The molecular formula is C29H39N5O2. The minimum atomic E-state index is -0.221. The van der Waals surface area contributed by atoms with E-state index in [1.54, 1.807) is 0 Å². The monoisotopic (exact) mass is 489 g/mol. The Morgan fingerprint density at radius 3 is 2.36 bits per heavy atom. The number of ether oxygens (including phenoxy) is 1. The van der Waals surface area contributed by atoms with Gasteiger partial charge >= 0.3 is 0 Å². The Morgan fingerprint density at radius 1 is 1.06 bits per heavy atom. The Bertz CT molecular complexity index is 1200. The van der Waals surface area contributed by atoms with Gasteiger partial charge in [0, 0.05) is 24.3 Å². The first-order chi connectivity index (χ1) is 17.1. The zero-order chi connectivity index (χ0) is 26.3. The van der Waals surface area contributed by atoms with E-state index in [4.69, 9.17) is 9.73 Å². The van der Waals surface area contributed by atoms with Crippen LogP contribution in [0.25, 0.3) is 0 Å². The molecule has 1 aromatic heterocycles. The number of aliphatic imine (C=N–C) groups is 1. The second-order valence-corrected chi connectivity index (χ2v) is 9.78. The lowest BCUT2D eigenvalue weighted by Crippen LogP contribution is -2.36. The van der Waals surface area contributed by atoms with Gasteiger partial charge in [-0.05, 0) is 74.9 Å². The molecule has 0 aliphatic heterocycles. The van der Waals surface area contributed by atoms with Gasteiger partial charge in [0.15, 0.2) is 0 Å². The Kier molecular flexibility index (Phi) is 8.91. The zero-order valence-corrected chi connectivity index (χ0v) is 22.6. The topological polar surface area (TPSA) is 80.5 Å². The molecular weight excluding hydrogens is 450 g/mol. The average Bonchev–Trinajstić information content (AvgIpc) is 3.12. The highest BCUT2D eigenvalue weighted by molar-refractivity contribution is 6.10. The summed E-state index contributed by atoms with van der Waals surface area (Å²) in [5.41, 5.74) is 5.88. The van der Waals surface area contributed by atoms with Gasteiger partial charge in [0.1, 0.15) is 5.75 Å². The van der Waals surface area contributed by atoms with Gasteiger partial charge in [-0.15, -0.1) is 0 Å². The summed E-state index contributed by atoms with van der Waals surface area (Å²) in [5, 5.41) is 10.8. The number of nitrogens with one attached hydrogen (secondary N) is 2. The van der Waals surface area contributed by atoms with Gasteiger partial charge in [-0.2, -0.15) is 5.10 Å². The van der Waals surface area contributed by atoms with Crippen LogP contribution in [0.4, 0.5) is 5.69 Å². The third-order valence-electron chi connectivity index (χ3n) is 6.15. The molecule has 0 bridgehead atoms. The fourth-order valence-electron chi connectivity index (χ4n) is 4.07. The van der Waals surface area contributed by atoms with Gasteiger partial charge in [0.25, 0.3) is 5.91 Å². The summed E-state index contributed by atoms with van der Waals surface area (Å²) in [7, 11) is 0. The molecule has 2 aromatic carbocycles. The van der Waals surface area contributed by atoms with Crippen LogP contribution in [0.3, 0.4) is 0 Å². The number of aryl methyl sites for hydroxylation is 2. The number of rotatable bonds is 8. The van der Waals surface area contributed by atoms with E-state index in [1.165, 1.54) is 11.1 Å². The minimum Gasteiger partial charge on any atom is -0.492 e. The Morgan fingerprint density at radius 2 is 1.75 bits per heavy atom. The average molecular weight is 490 g/mol. The molecule has 1 amide bonds. The van der Waals surface area contributed by atoms with Gasteiger partial charge in [-0.25, -0.2) is 0 Å². The number of benzene rings is 2. The SMILES string of the molecule is CCOc1ccccc1NC(=NCCc1c(C)nn(CC)c1C)NC(=O)c1ccc(C(C)(C)C)cc1. The molecule has 0 fully saturated rings. The van der Waals surface area contributed by atoms with Crippen molar-refractivity contribution in [3.8, 4) is 5.75 Å². The van der Waals surface area contributed by atoms with Gasteiger partial charge in [0.05, 0.1) is 18.0 Å². The van der Waals surface area contributed by atoms with Crippen molar-refractivity contribution in [2.45, 2.75) is 66.8 Å². The summed E-state index contributed by atoms with van der Waals surface area (Å²) in [6, 6.07) is 15.3. The predicted molar refractivity (Wildman–Crippen MR) is 147 cm³/mol. The first-order valence-electron chi connectivity index (χ1n) is 12.6. The number of aromatic nitrogens is 2. The van der Waals surface area contributed by atoms with Crippen LogP contribution < -0.4 is 15.4 Å². The summed E-state index contributed by atoms with van der Waals surface area (Å²) in [6.07, 6.45) is 0.728. The summed E-state index contributed by atoms with van der Waals surface area (Å²) in [6.45, 7) is 16.5. The lowest BCUT2D eigenvalue weighted by Gasteiger charge is -2.19. The third-order valence-corrected chi connectivity index (χ3v) is 6.15. The fourth-order valence-corrected chi connectivity index (χ4v) is 4.07. The maximum Gasteiger partial charge on any atom is 0.257 e. The molecule has 0 spiro atoms. The molecule has 0 saturated heterocycles. The van der Waals surface area contributed by atoms with E-state index in [0.717, 1.165) is 30.0 Å². The molecule has 192 valence electrons. The zero-order valence-electron chi connectivity index (χ0n) is 22.6. The van der Waals surface area contributed by atoms with Gasteiger partial charge in [0.2, 0.25) is 5.96 Å². The lowest BCUT2D eigenvalue weighted by atomic mass is 9.87. The standard InChI is InChI=1S/C29H39N5O2/c1-8-34-21(4)24(20(3)33-34)18-19-30-28(31-25-12-10-11-13-26(25)36-9-2)32-27(35)22-14-16-23(17-15-22)29(5,6)7/h10-17H,8-9,18-19H2,1-7H3,(H2,30,31,32,35). The van der Waals surface area contributed by atoms with Crippen LogP contribution in [0.1, 0.15) is 67.5 Å². The largest absolute Gasteiger partial charge is 0.492 e. The van der Waals surface area contributed by atoms with Crippen molar-refractivity contribution in [1.29, 1.82) is 0 Å². The number of amides is 1. The molecule has 7 nitrogen and oxygen atoms in total. The molecule has 0 saturated carbocycles. The lowest BCUT2D eigenvalue weighted by molar-refractivity contribution is 0.0977. The molecule has 0 radical (unpaired) electrons. The van der Waals surface area contributed by atoms with E-state index in [2.05, 4.69) is 50.4 Å². The molecule has 7 heteroatoms. The van der Waals surface area contributed by atoms with Gasteiger partial charge in [-0.3, -0.25) is 19.8 Å². The highest BCUT2D eigenvalue weighted by Crippen LogP contribution is 2.24.